The molecular formula is C14H17N3O3. The Balaban J connectivity index is 2.07. The van der Waals surface area contributed by atoms with Crippen LogP contribution in [0, 0.1) is 17.2 Å². The van der Waals surface area contributed by atoms with Gasteiger partial charge in [0, 0.05) is 13.1 Å². The van der Waals surface area contributed by atoms with Gasteiger partial charge in [-0.25, -0.2) is 0 Å². The van der Waals surface area contributed by atoms with Crippen LogP contribution in [0.4, 0.5) is 5.69 Å². The molecule has 1 heterocycles. The number of esters is 1. The smallest absolute Gasteiger partial charge is 0.310 e. The van der Waals surface area contributed by atoms with E-state index in [4.69, 9.17) is 15.7 Å². The minimum atomic E-state index is -0.185. The molecule has 1 aromatic rings. The van der Waals surface area contributed by atoms with E-state index < -0.39 is 0 Å². The van der Waals surface area contributed by atoms with Gasteiger partial charge in [-0.1, -0.05) is 0 Å². The summed E-state index contributed by atoms with van der Waals surface area (Å²) in [6.45, 7) is 2.02. The molecule has 1 fully saturated rings. The van der Waals surface area contributed by atoms with Crippen LogP contribution in [0.2, 0.25) is 0 Å². The Labute approximate surface area is 117 Å². The van der Waals surface area contributed by atoms with E-state index in [1.807, 2.05) is 6.07 Å². The van der Waals surface area contributed by atoms with Gasteiger partial charge in [0.05, 0.1) is 24.3 Å². The van der Waals surface area contributed by atoms with Gasteiger partial charge in [-0.2, -0.15) is 5.26 Å². The maximum atomic E-state index is 11.5. The summed E-state index contributed by atoms with van der Waals surface area (Å²) in [4.78, 5) is 13.6. The minimum absolute atomic E-state index is 0.0927. The normalized spacial score (nSPS) is 18.7. The first-order chi connectivity index (χ1) is 9.55. The van der Waals surface area contributed by atoms with E-state index in [9.17, 15) is 9.90 Å². The summed E-state index contributed by atoms with van der Waals surface area (Å²) in [6.07, 6.45) is 0.769. The first-order valence-electron chi connectivity index (χ1n) is 6.36. The zero-order valence-electron chi connectivity index (χ0n) is 11.3. The number of carbonyl (C=O) groups excluding carboxylic acids is 1. The molecule has 0 radical (unpaired) electrons. The number of carbonyl (C=O) groups is 1. The molecular weight excluding hydrogens is 258 g/mol. The first kappa shape index (κ1) is 14.2. The summed E-state index contributed by atoms with van der Waals surface area (Å²) in [5.74, 6) is -0.453. The number of phenolic OH excluding ortho intramolecular Hbond substituents is 1. The second-order valence-electron chi connectivity index (χ2n) is 4.94. The van der Waals surface area contributed by atoms with Gasteiger partial charge in [0.2, 0.25) is 0 Å². The van der Waals surface area contributed by atoms with Crippen LogP contribution in [-0.2, 0) is 16.1 Å². The van der Waals surface area contributed by atoms with Gasteiger partial charge in [-0.3, -0.25) is 9.69 Å². The Bertz CT molecular complexity index is 566. The molecule has 0 aromatic heterocycles. The van der Waals surface area contributed by atoms with Gasteiger partial charge < -0.3 is 15.6 Å². The number of nitrogens with two attached hydrogens (primary N) is 1. The lowest BCUT2D eigenvalue weighted by Gasteiger charge is -2.16. The highest BCUT2D eigenvalue weighted by Crippen LogP contribution is 2.28. The van der Waals surface area contributed by atoms with E-state index in [1.54, 1.807) is 12.1 Å². The van der Waals surface area contributed by atoms with Crippen molar-refractivity contribution in [1.82, 2.24) is 4.90 Å². The zero-order valence-corrected chi connectivity index (χ0v) is 11.3. The molecule has 1 aromatic carbocycles. The summed E-state index contributed by atoms with van der Waals surface area (Å²) in [5, 5.41) is 18.5. The predicted molar refractivity (Wildman–Crippen MR) is 72.6 cm³/mol. The quantitative estimate of drug-likeness (QED) is 0.482. The van der Waals surface area contributed by atoms with Crippen molar-refractivity contribution in [2.45, 2.75) is 13.0 Å². The fourth-order valence-electron chi connectivity index (χ4n) is 2.49. The highest BCUT2D eigenvalue weighted by molar-refractivity contribution is 5.72. The number of phenols is 1. The summed E-state index contributed by atoms with van der Waals surface area (Å²) in [5.41, 5.74) is 6.89. The number of anilines is 1. The molecule has 20 heavy (non-hydrogen) atoms. The number of ether oxygens (including phenoxy) is 1. The molecule has 6 nitrogen and oxygen atoms in total. The molecule has 106 valence electrons. The second kappa shape index (κ2) is 5.80. The Morgan fingerprint density at radius 1 is 1.65 bits per heavy atom. The standard InChI is InChI=1S/C14H17N3O3/c1-20-14(19)10-2-3-17(8-10)7-9-4-11(6-15)13(18)12(16)5-9/h4-5,10,18H,2-3,7-8,16H2,1H3. The minimum Gasteiger partial charge on any atom is -0.504 e. The molecule has 0 saturated carbocycles. The van der Waals surface area contributed by atoms with Crippen molar-refractivity contribution in [3.8, 4) is 11.8 Å². The van der Waals surface area contributed by atoms with Gasteiger partial charge in [0.1, 0.15) is 6.07 Å². The monoisotopic (exact) mass is 275 g/mol. The molecule has 1 atom stereocenters. The van der Waals surface area contributed by atoms with Crippen molar-refractivity contribution in [3.63, 3.8) is 0 Å². The van der Waals surface area contributed by atoms with Crippen molar-refractivity contribution < 1.29 is 14.6 Å². The van der Waals surface area contributed by atoms with Crippen molar-refractivity contribution in [3.05, 3.63) is 23.3 Å². The molecule has 2 rings (SSSR count). The van der Waals surface area contributed by atoms with E-state index in [0.717, 1.165) is 18.5 Å². The number of likely N-dealkylation sites (tertiary alicyclic amines) is 1. The molecule has 6 heteroatoms. The molecule has 1 saturated heterocycles. The number of hydrogen-bond acceptors (Lipinski definition) is 6. The molecule has 0 spiro atoms. The van der Waals surface area contributed by atoms with Crippen molar-refractivity contribution in [2.24, 2.45) is 5.92 Å². The third-order valence-electron chi connectivity index (χ3n) is 3.53. The summed E-state index contributed by atoms with van der Waals surface area (Å²) < 4.78 is 4.74. The van der Waals surface area contributed by atoms with Gasteiger partial charge in [-0.15, -0.1) is 0 Å². The number of hydrogen-bond donors (Lipinski definition) is 2. The van der Waals surface area contributed by atoms with Crippen LogP contribution in [0.15, 0.2) is 12.1 Å². The van der Waals surface area contributed by atoms with Crippen LogP contribution >= 0.6 is 0 Å². The average Bonchev–Trinajstić information content (AvgIpc) is 2.90. The molecule has 1 aliphatic rings. The van der Waals surface area contributed by atoms with Gasteiger partial charge in [0.15, 0.2) is 5.75 Å². The molecule has 0 bridgehead atoms. The fraction of sp³-hybridized carbons (Fsp3) is 0.429. The Hall–Kier alpha value is -2.26. The molecule has 0 amide bonds. The summed E-state index contributed by atoms with van der Waals surface area (Å²) in [6, 6.07) is 5.19. The van der Waals surface area contributed by atoms with Crippen LogP contribution in [0.3, 0.4) is 0 Å². The lowest BCUT2D eigenvalue weighted by Crippen LogP contribution is -2.23. The van der Waals surface area contributed by atoms with Crippen LogP contribution in [0.1, 0.15) is 17.5 Å². The number of methoxy groups -OCH3 is 1. The fourth-order valence-corrected chi connectivity index (χ4v) is 2.49. The lowest BCUT2D eigenvalue weighted by molar-refractivity contribution is -0.144. The van der Waals surface area contributed by atoms with Crippen molar-refractivity contribution in [1.29, 1.82) is 5.26 Å². The molecule has 0 aliphatic carbocycles. The molecule has 1 unspecified atom stereocenters. The second-order valence-corrected chi connectivity index (χ2v) is 4.94. The number of nitrogens with zero attached hydrogens (tertiary/aromatic N) is 2. The largest absolute Gasteiger partial charge is 0.504 e. The maximum absolute atomic E-state index is 11.5. The van der Waals surface area contributed by atoms with E-state index in [2.05, 4.69) is 4.90 Å². The van der Waals surface area contributed by atoms with Crippen LogP contribution in [-0.4, -0.2) is 36.2 Å². The van der Waals surface area contributed by atoms with E-state index in [0.29, 0.717) is 13.1 Å². The zero-order chi connectivity index (χ0) is 14.7. The van der Waals surface area contributed by atoms with Crippen LogP contribution < -0.4 is 5.73 Å². The Morgan fingerprint density at radius 3 is 3.05 bits per heavy atom. The number of aromatic hydroxyl groups is 1. The summed E-state index contributed by atoms with van der Waals surface area (Å²) >= 11 is 0. The molecule has 1 aliphatic heterocycles. The topological polar surface area (TPSA) is 99.6 Å². The van der Waals surface area contributed by atoms with Crippen LogP contribution in [0.25, 0.3) is 0 Å². The first-order valence-corrected chi connectivity index (χ1v) is 6.36. The summed E-state index contributed by atoms with van der Waals surface area (Å²) in [7, 11) is 1.39. The van der Waals surface area contributed by atoms with E-state index >= 15 is 0 Å². The van der Waals surface area contributed by atoms with E-state index in [1.165, 1.54) is 7.11 Å². The van der Waals surface area contributed by atoms with Gasteiger partial charge >= 0.3 is 5.97 Å². The van der Waals surface area contributed by atoms with Gasteiger partial charge in [0.25, 0.3) is 0 Å². The Morgan fingerprint density at radius 2 is 2.40 bits per heavy atom. The van der Waals surface area contributed by atoms with E-state index in [-0.39, 0.29) is 28.9 Å². The number of nitriles is 1. The van der Waals surface area contributed by atoms with Crippen molar-refractivity contribution in [2.75, 3.05) is 25.9 Å². The highest BCUT2D eigenvalue weighted by Gasteiger charge is 2.29. The van der Waals surface area contributed by atoms with Gasteiger partial charge in [-0.05, 0) is 30.7 Å². The third kappa shape index (κ3) is 2.83. The Kier molecular flexibility index (Phi) is 4.11. The number of rotatable bonds is 3. The average molecular weight is 275 g/mol. The predicted octanol–water partition coefficient (Wildman–Crippen LogP) is 0.841. The number of nitrogen functional groups attached to an aromatic ring is 1. The lowest BCUT2D eigenvalue weighted by atomic mass is 10.1. The SMILES string of the molecule is COC(=O)C1CCN(Cc2cc(N)c(O)c(C#N)c2)C1. The molecule has 3 N–H and O–H groups in total. The van der Waals surface area contributed by atoms with Crippen LogP contribution in [0.5, 0.6) is 5.75 Å². The number of benzene rings is 1. The highest BCUT2D eigenvalue weighted by atomic mass is 16.5. The maximum Gasteiger partial charge on any atom is 0.310 e. The third-order valence-corrected chi connectivity index (χ3v) is 3.53. The van der Waals surface area contributed by atoms with Crippen molar-refractivity contribution >= 4 is 11.7 Å².